The molecule has 3 rings (SSSR count). The van der Waals surface area contributed by atoms with Crippen molar-refractivity contribution in [3.8, 4) is 0 Å². The van der Waals surface area contributed by atoms with E-state index in [1.807, 2.05) is 43.0 Å². The Morgan fingerprint density at radius 3 is 2.60 bits per heavy atom. The Kier molecular flexibility index (Phi) is 3.42. The summed E-state index contributed by atoms with van der Waals surface area (Å²) < 4.78 is 0. The summed E-state index contributed by atoms with van der Waals surface area (Å²) in [6.45, 7) is 8.00. The van der Waals surface area contributed by atoms with Crippen molar-refractivity contribution in [2.45, 2.75) is 32.2 Å². The Labute approximate surface area is 120 Å². The Morgan fingerprint density at radius 2 is 1.85 bits per heavy atom. The number of nitrogens with one attached hydrogen (secondary N) is 1. The van der Waals surface area contributed by atoms with Crippen LogP contribution in [0.15, 0.2) is 24.3 Å². The Balaban J connectivity index is 1.81. The van der Waals surface area contributed by atoms with E-state index in [0.29, 0.717) is 0 Å². The fraction of sp³-hybridized carbons (Fsp3) is 0.562. The molecule has 0 unspecified atom stereocenters. The van der Waals surface area contributed by atoms with E-state index in [4.69, 9.17) is 0 Å². The van der Waals surface area contributed by atoms with Gasteiger partial charge in [-0.1, -0.05) is 12.1 Å². The zero-order chi connectivity index (χ0) is 14.2. The molecule has 0 saturated carbocycles. The van der Waals surface area contributed by atoms with Crippen molar-refractivity contribution in [3.05, 3.63) is 24.3 Å². The molecule has 4 nitrogen and oxygen atoms in total. The van der Waals surface area contributed by atoms with Crippen molar-refractivity contribution < 1.29 is 4.79 Å². The van der Waals surface area contributed by atoms with Gasteiger partial charge in [0.25, 0.3) is 5.91 Å². The van der Waals surface area contributed by atoms with Crippen LogP contribution in [0.3, 0.4) is 0 Å². The number of anilines is 2. The van der Waals surface area contributed by atoms with Gasteiger partial charge in [0, 0.05) is 13.1 Å². The number of amides is 1. The first-order valence-corrected chi connectivity index (χ1v) is 7.49. The largest absolute Gasteiger partial charge is 0.370 e. The molecule has 1 fully saturated rings. The third kappa shape index (κ3) is 2.40. The summed E-state index contributed by atoms with van der Waals surface area (Å²) in [7, 11) is 0. The van der Waals surface area contributed by atoms with Crippen molar-refractivity contribution in [2.24, 2.45) is 0 Å². The zero-order valence-electron chi connectivity index (χ0n) is 12.4. The molecule has 0 aliphatic carbocycles. The van der Waals surface area contributed by atoms with Crippen LogP contribution in [0.25, 0.3) is 0 Å². The highest BCUT2D eigenvalue weighted by Gasteiger charge is 2.38. The van der Waals surface area contributed by atoms with E-state index >= 15 is 0 Å². The zero-order valence-corrected chi connectivity index (χ0v) is 12.4. The molecule has 108 valence electrons. The Morgan fingerprint density at radius 1 is 1.15 bits per heavy atom. The SMILES string of the molecule is CC1(C)Nc2ccccc2N(CCN2CCCC2)C1=O. The lowest BCUT2D eigenvalue weighted by molar-refractivity contribution is -0.122. The average Bonchev–Trinajstić information content (AvgIpc) is 2.92. The van der Waals surface area contributed by atoms with Gasteiger partial charge in [0.05, 0.1) is 11.4 Å². The third-order valence-corrected chi connectivity index (χ3v) is 4.26. The first-order chi connectivity index (χ1) is 9.58. The third-order valence-electron chi connectivity index (χ3n) is 4.26. The molecule has 0 atom stereocenters. The van der Waals surface area contributed by atoms with Crippen LogP contribution in [0.1, 0.15) is 26.7 Å². The number of likely N-dealkylation sites (tertiary alicyclic amines) is 1. The fourth-order valence-electron chi connectivity index (χ4n) is 3.12. The van der Waals surface area contributed by atoms with Gasteiger partial charge in [-0.05, 0) is 51.9 Å². The smallest absolute Gasteiger partial charge is 0.252 e. The van der Waals surface area contributed by atoms with Crippen LogP contribution < -0.4 is 10.2 Å². The molecule has 0 bridgehead atoms. The van der Waals surface area contributed by atoms with Gasteiger partial charge >= 0.3 is 0 Å². The first kappa shape index (κ1) is 13.4. The van der Waals surface area contributed by atoms with Gasteiger partial charge in [-0.3, -0.25) is 4.79 Å². The number of hydrogen-bond donors (Lipinski definition) is 1. The minimum absolute atomic E-state index is 0.162. The Bertz CT molecular complexity index is 506. The van der Waals surface area contributed by atoms with Crippen molar-refractivity contribution in [1.29, 1.82) is 0 Å². The second-order valence-corrected chi connectivity index (χ2v) is 6.27. The summed E-state index contributed by atoms with van der Waals surface area (Å²) in [6, 6.07) is 8.08. The van der Waals surface area contributed by atoms with Crippen LogP contribution in [0.5, 0.6) is 0 Å². The summed E-state index contributed by atoms with van der Waals surface area (Å²) in [4.78, 5) is 17.1. The molecule has 0 aromatic heterocycles. The first-order valence-electron chi connectivity index (χ1n) is 7.49. The van der Waals surface area contributed by atoms with Crippen LogP contribution in [0.4, 0.5) is 11.4 Å². The molecule has 2 aliphatic rings. The number of benzene rings is 1. The van der Waals surface area contributed by atoms with Crippen molar-refractivity contribution >= 4 is 17.3 Å². The summed E-state index contributed by atoms with van der Waals surface area (Å²) in [5.74, 6) is 0.162. The summed E-state index contributed by atoms with van der Waals surface area (Å²) in [5, 5.41) is 3.34. The maximum atomic E-state index is 12.7. The van der Waals surface area contributed by atoms with E-state index in [2.05, 4.69) is 10.2 Å². The summed E-state index contributed by atoms with van der Waals surface area (Å²) in [6.07, 6.45) is 2.58. The van der Waals surface area contributed by atoms with Crippen LogP contribution in [-0.4, -0.2) is 42.5 Å². The minimum atomic E-state index is -0.528. The normalized spacial score (nSPS) is 21.7. The second-order valence-electron chi connectivity index (χ2n) is 6.27. The fourth-order valence-corrected chi connectivity index (χ4v) is 3.12. The van der Waals surface area contributed by atoms with Gasteiger partial charge in [0.15, 0.2) is 0 Å². The van der Waals surface area contributed by atoms with E-state index in [0.717, 1.165) is 24.5 Å². The van der Waals surface area contributed by atoms with Crippen molar-refractivity contribution in [3.63, 3.8) is 0 Å². The highest BCUT2D eigenvalue weighted by atomic mass is 16.2. The maximum Gasteiger partial charge on any atom is 0.252 e. The van der Waals surface area contributed by atoms with E-state index in [1.54, 1.807) is 0 Å². The number of rotatable bonds is 3. The molecular weight excluding hydrogens is 250 g/mol. The number of para-hydroxylation sites is 2. The quantitative estimate of drug-likeness (QED) is 0.918. The predicted molar refractivity (Wildman–Crippen MR) is 82.2 cm³/mol. The standard InChI is InChI=1S/C16H23N3O/c1-16(2)15(20)19(12-11-18-9-5-6-10-18)14-8-4-3-7-13(14)17-16/h3-4,7-8,17H,5-6,9-12H2,1-2H3. The van der Waals surface area contributed by atoms with E-state index in [1.165, 1.54) is 25.9 Å². The van der Waals surface area contributed by atoms with Crippen LogP contribution in [-0.2, 0) is 4.79 Å². The average molecular weight is 273 g/mol. The Hall–Kier alpha value is -1.55. The van der Waals surface area contributed by atoms with E-state index in [9.17, 15) is 4.79 Å². The molecule has 4 heteroatoms. The predicted octanol–water partition coefficient (Wildman–Crippen LogP) is 2.32. The van der Waals surface area contributed by atoms with Crippen LogP contribution >= 0.6 is 0 Å². The molecule has 1 aromatic rings. The van der Waals surface area contributed by atoms with Gasteiger partial charge in [-0.25, -0.2) is 0 Å². The second kappa shape index (κ2) is 5.09. The van der Waals surface area contributed by atoms with E-state index in [-0.39, 0.29) is 5.91 Å². The summed E-state index contributed by atoms with van der Waals surface area (Å²) >= 11 is 0. The number of fused-ring (bicyclic) bond motifs is 1. The molecule has 0 radical (unpaired) electrons. The lowest BCUT2D eigenvalue weighted by Crippen LogP contribution is -2.55. The molecule has 2 aliphatic heterocycles. The summed E-state index contributed by atoms with van der Waals surface area (Å²) in [5.41, 5.74) is 1.54. The minimum Gasteiger partial charge on any atom is -0.370 e. The molecule has 20 heavy (non-hydrogen) atoms. The van der Waals surface area contributed by atoms with E-state index < -0.39 is 5.54 Å². The molecule has 1 saturated heterocycles. The molecular formula is C16H23N3O. The van der Waals surface area contributed by atoms with Gasteiger partial charge in [-0.2, -0.15) is 0 Å². The highest BCUT2D eigenvalue weighted by molar-refractivity contribution is 6.07. The van der Waals surface area contributed by atoms with Crippen LogP contribution in [0.2, 0.25) is 0 Å². The van der Waals surface area contributed by atoms with Gasteiger partial charge in [0.2, 0.25) is 0 Å². The maximum absolute atomic E-state index is 12.7. The molecule has 1 N–H and O–H groups in total. The molecule has 1 aromatic carbocycles. The molecule has 2 heterocycles. The lowest BCUT2D eigenvalue weighted by Gasteiger charge is -2.40. The monoisotopic (exact) mass is 273 g/mol. The van der Waals surface area contributed by atoms with Gasteiger partial charge in [0.1, 0.15) is 5.54 Å². The molecule has 1 amide bonds. The van der Waals surface area contributed by atoms with Crippen molar-refractivity contribution in [2.75, 3.05) is 36.4 Å². The van der Waals surface area contributed by atoms with Gasteiger partial charge < -0.3 is 15.1 Å². The molecule has 0 spiro atoms. The lowest BCUT2D eigenvalue weighted by atomic mass is 9.98. The number of carbonyl (C=O) groups is 1. The highest BCUT2D eigenvalue weighted by Crippen LogP contribution is 2.34. The van der Waals surface area contributed by atoms with Gasteiger partial charge in [-0.15, -0.1) is 0 Å². The number of hydrogen-bond acceptors (Lipinski definition) is 3. The number of carbonyl (C=O) groups excluding carboxylic acids is 1. The number of nitrogens with zero attached hydrogens (tertiary/aromatic N) is 2. The van der Waals surface area contributed by atoms with Crippen LogP contribution in [0, 0.1) is 0 Å². The topological polar surface area (TPSA) is 35.6 Å². The van der Waals surface area contributed by atoms with Crippen molar-refractivity contribution in [1.82, 2.24) is 4.90 Å².